The molecule has 6 heteroatoms. The largest absolute Gasteiger partial charge is 0.461 e. The fraction of sp³-hybridized carbons (Fsp3) is 0.529. The van der Waals surface area contributed by atoms with Crippen molar-refractivity contribution in [3.05, 3.63) is 35.9 Å². The molecule has 0 saturated heterocycles. The molecule has 1 saturated carbocycles. The maximum absolute atomic E-state index is 11.9. The van der Waals surface area contributed by atoms with Gasteiger partial charge in [0.1, 0.15) is 5.60 Å². The Morgan fingerprint density at radius 2 is 1.83 bits per heavy atom. The number of benzene rings is 1. The third-order valence-corrected chi connectivity index (χ3v) is 3.53. The summed E-state index contributed by atoms with van der Waals surface area (Å²) in [5, 5.41) is 0. The van der Waals surface area contributed by atoms with Crippen molar-refractivity contribution in [2.45, 2.75) is 39.2 Å². The quantitative estimate of drug-likeness (QED) is 0.622. The normalized spacial score (nSPS) is 15.6. The summed E-state index contributed by atoms with van der Waals surface area (Å²) >= 11 is 0. The topological polar surface area (TPSA) is 76.7 Å². The number of carbonyl (C=O) groups excluding carboxylic acids is 2. The van der Waals surface area contributed by atoms with Crippen molar-refractivity contribution in [3.63, 3.8) is 0 Å². The molecule has 0 radical (unpaired) electrons. The summed E-state index contributed by atoms with van der Waals surface area (Å²) in [7, 11) is 0. The SMILES string of the molecule is CC(C)(C)OC(=O)NNCC1(COC(=O)c2ccccc2)CC1. The first-order valence-corrected chi connectivity index (χ1v) is 7.74. The lowest BCUT2D eigenvalue weighted by atomic mass is 10.1. The number of amides is 1. The fourth-order valence-electron chi connectivity index (χ4n) is 2.03. The summed E-state index contributed by atoms with van der Waals surface area (Å²) in [6.07, 6.45) is 1.39. The highest BCUT2D eigenvalue weighted by atomic mass is 16.6. The fourth-order valence-corrected chi connectivity index (χ4v) is 2.03. The minimum absolute atomic E-state index is 0.0978. The van der Waals surface area contributed by atoms with Crippen LogP contribution < -0.4 is 10.9 Å². The summed E-state index contributed by atoms with van der Waals surface area (Å²) in [5.41, 5.74) is 5.27. The van der Waals surface area contributed by atoms with Gasteiger partial charge in [-0.05, 0) is 45.7 Å². The van der Waals surface area contributed by atoms with Crippen molar-refractivity contribution >= 4 is 12.1 Å². The number of rotatable bonds is 6. The number of hydrogen-bond donors (Lipinski definition) is 2. The first kappa shape index (κ1) is 17.3. The van der Waals surface area contributed by atoms with Gasteiger partial charge in [0.2, 0.25) is 0 Å². The Morgan fingerprint density at radius 3 is 2.39 bits per heavy atom. The molecule has 0 atom stereocenters. The molecule has 6 nitrogen and oxygen atoms in total. The summed E-state index contributed by atoms with van der Waals surface area (Å²) in [6.45, 7) is 6.28. The minimum atomic E-state index is -0.533. The summed E-state index contributed by atoms with van der Waals surface area (Å²) in [6, 6.07) is 8.91. The molecule has 2 rings (SSSR count). The lowest BCUT2D eigenvalue weighted by Crippen LogP contribution is -2.44. The van der Waals surface area contributed by atoms with E-state index in [1.807, 2.05) is 6.07 Å². The van der Waals surface area contributed by atoms with Gasteiger partial charge in [0, 0.05) is 12.0 Å². The molecular weight excluding hydrogens is 296 g/mol. The van der Waals surface area contributed by atoms with Crippen molar-refractivity contribution in [3.8, 4) is 0 Å². The van der Waals surface area contributed by atoms with E-state index in [4.69, 9.17) is 9.47 Å². The van der Waals surface area contributed by atoms with Crippen LogP contribution in [0.3, 0.4) is 0 Å². The maximum atomic E-state index is 11.9. The molecule has 1 aliphatic carbocycles. The Bertz CT molecular complexity index is 547. The van der Waals surface area contributed by atoms with Crippen LogP contribution >= 0.6 is 0 Å². The van der Waals surface area contributed by atoms with Crippen LogP contribution in [-0.2, 0) is 9.47 Å². The second kappa shape index (κ2) is 7.00. The van der Waals surface area contributed by atoms with E-state index in [2.05, 4.69) is 10.9 Å². The standard InChI is InChI=1S/C17H24N2O4/c1-16(2,3)23-15(21)19-18-11-17(9-10-17)12-22-14(20)13-7-5-4-6-8-13/h4-8,18H,9-12H2,1-3H3,(H,19,21). The van der Waals surface area contributed by atoms with Crippen LogP contribution in [0, 0.1) is 5.41 Å². The maximum Gasteiger partial charge on any atom is 0.422 e. The molecule has 23 heavy (non-hydrogen) atoms. The van der Waals surface area contributed by atoms with Gasteiger partial charge in [-0.15, -0.1) is 0 Å². The van der Waals surface area contributed by atoms with Crippen LogP contribution in [0.25, 0.3) is 0 Å². The third-order valence-electron chi connectivity index (χ3n) is 3.53. The Balaban J connectivity index is 1.70. The second-order valence-electron chi connectivity index (χ2n) is 6.92. The van der Waals surface area contributed by atoms with Gasteiger partial charge in [0.05, 0.1) is 12.2 Å². The zero-order chi connectivity index (χ0) is 16.9. The number of hydrazine groups is 1. The molecule has 1 aromatic rings. The number of hydrogen-bond acceptors (Lipinski definition) is 5. The molecule has 1 amide bonds. The van der Waals surface area contributed by atoms with Crippen LogP contribution in [-0.4, -0.2) is 30.8 Å². The van der Waals surface area contributed by atoms with Crippen molar-refractivity contribution in [1.82, 2.24) is 10.9 Å². The number of ether oxygens (including phenoxy) is 2. The minimum Gasteiger partial charge on any atom is -0.461 e. The predicted octanol–water partition coefficient (Wildman–Crippen LogP) is 2.65. The van der Waals surface area contributed by atoms with Crippen LogP contribution in [0.15, 0.2) is 30.3 Å². The molecule has 1 aliphatic rings. The van der Waals surface area contributed by atoms with Crippen LogP contribution in [0.1, 0.15) is 44.0 Å². The van der Waals surface area contributed by atoms with Crippen LogP contribution in [0.2, 0.25) is 0 Å². The zero-order valence-corrected chi connectivity index (χ0v) is 13.8. The summed E-state index contributed by atoms with van der Waals surface area (Å²) in [4.78, 5) is 23.5. The third kappa shape index (κ3) is 5.90. The Hall–Kier alpha value is -2.08. The molecule has 0 bridgehead atoms. The van der Waals surface area contributed by atoms with Crippen molar-refractivity contribution in [1.29, 1.82) is 0 Å². The van der Waals surface area contributed by atoms with Crippen LogP contribution in [0.5, 0.6) is 0 Å². The average molecular weight is 320 g/mol. The van der Waals surface area contributed by atoms with E-state index in [1.54, 1.807) is 45.0 Å². The van der Waals surface area contributed by atoms with Gasteiger partial charge in [0.25, 0.3) is 0 Å². The van der Waals surface area contributed by atoms with Gasteiger partial charge in [-0.2, -0.15) is 0 Å². The van der Waals surface area contributed by atoms with E-state index >= 15 is 0 Å². The number of carbonyl (C=O) groups is 2. The smallest absolute Gasteiger partial charge is 0.422 e. The molecule has 0 aromatic heterocycles. The zero-order valence-electron chi connectivity index (χ0n) is 13.8. The predicted molar refractivity (Wildman–Crippen MR) is 85.8 cm³/mol. The highest BCUT2D eigenvalue weighted by molar-refractivity contribution is 5.89. The van der Waals surface area contributed by atoms with E-state index in [-0.39, 0.29) is 11.4 Å². The van der Waals surface area contributed by atoms with Gasteiger partial charge < -0.3 is 9.47 Å². The van der Waals surface area contributed by atoms with Crippen molar-refractivity contribution in [2.24, 2.45) is 5.41 Å². The van der Waals surface area contributed by atoms with E-state index < -0.39 is 11.7 Å². The molecule has 1 fully saturated rings. The Morgan fingerprint density at radius 1 is 1.17 bits per heavy atom. The molecule has 0 heterocycles. The van der Waals surface area contributed by atoms with Gasteiger partial charge in [0.15, 0.2) is 0 Å². The number of esters is 1. The van der Waals surface area contributed by atoms with E-state index in [9.17, 15) is 9.59 Å². The van der Waals surface area contributed by atoms with Crippen molar-refractivity contribution < 1.29 is 19.1 Å². The molecule has 2 N–H and O–H groups in total. The van der Waals surface area contributed by atoms with E-state index in [0.29, 0.717) is 18.7 Å². The summed E-state index contributed by atoms with van der Waals surface area (Å²) < 4.78 is 10.5. The molecule has 126 valence electrons. The highest BCUT2D eigenvalue weighted by Gasteiger charge is 2.44. The van der Waals surface area contributed by atoms with Crippen molar-refractivity contribution in [2.75, 3.05) is 13.2 Å². The van der Waals surface area contributed by atoms with Gasteiger partial charge >= 0.3 is 12.1 Å². The van der Waals surface area contributed by atoms with Gasteiger partial charge in [-0.3, -0.25) is 5.43 Å². The van der Waals surface area contributed by atoms with Crippen LogP contribution in [0.4, 0.5) is 4.79 Å². The second-order valence-corrected chi connectivity index (χ2v) is 6.92. The molecule has 0 unspecified atom stereocenters. The first-order chi connectivity index (χ1) is 10.8. The number of nitrogens with one attached hydrogen (secondary N) is 2. The first-order valence-electron chi connectivity index (χ1n) is 7.74. The lowest BCUT2D eigenvalue weighted by molar-refractivity contribution is 0.0387. The molecular formula is C17H24N2O4. The molecule has 0 aliphatic heterocycles. The van der Waals surface area contributed by atoms with Gasteiger partial charge in [-0.25, -0.2) is 15.0 Å². The highest BCUT2D eigenvalue weighted by Crippen LogP contribution is 2.45. The molecule has 1 aromatic carbocycles. The lowest BCUT2D eigenvalue weighted by Gasteiger charge is -2.21. The van der Waals surface area contributed by atoms with Gasteiger partial charge in [-0.1, -0.05) is 18.2 Å². The Kier molecular flexibility index (Phi) is 5.26. The summed E-state index contributed by atoms with van der Waals surface area (Å²) in [5.74, 6) is -0.322. The molecule has 0 spiro atoms. The van der Waals surface area contributed by atoms with E-state index in [1.165, 1.54) is 0 Å². The Labute approximate surface area is 136 Å². The van der Waals surface area contributed by atoms with E-state index in [0.717, 1.165) is 12.8 Å². The average Bonchev–Trinajstić information content (AvgIpc) is 3.24. The monoisotopic (exact) mass is 320 g/mol.